The summed E-state index contributed by atoms with van der Waals surface area (Å²) in [5, 5.41) is 7.96. The number of rotatable bonds is 5. The van der Waals surface area contributed by atoms with Crippen LogP contribution in [0.1, 0.15) is 0 Å². The van der Waals surface area contributed by atoms with Crippen LogP contribution >= 0.6 is 22.7 Å². The highest BCUT2D eigenvalue weighted by Crippen LogP contribution is 2.44. The third-order valence-electron chi connectivity index (χ3n) is 10.7. The van der Waals surface area contributed by atoms with Gasteiger partial charge in [0.15, 0.2) is 0 Å². The second kappa shape index (κ2) is 11.9. The van der Waals surface area contributed by atoms with Crippen LogP contribution in [0.5, 0.6) is 0 Å². The van der Waals surface area contributed by atoms with Crippen LogP contribution in [-0.4, -0.2) is 4.98 Å². The van der Waals surface area contributed by atoms with Gasteiger partial charge >= 0.3 is 0 Å². The van der Waals surface area contributed by atoms with Crippen molar-refractivity contribution in [2.45, 2.75) is 0 Å². The molecule has 258 valence electrons. The number of fused-ring (bicyclic) bond motifs is 11. The quantitative estimate of drug-likeness (QED) is 0.176. The Hall–Kier alpha value is -6.73. The Morgan fingerprint density at radius 1 is 0.382 bits per heavy atom. The van der Waals surface area contributed by atoms with Crippen molar-refractivity contribution < 1.29 is 8.83 Å². The Morgan fingerprint density at radius 3 is 1.65 bits per heavy atom. The molecule has 0 spiro atoms. The van der Waals surface area contributed by atoms with Gasteiger partial charge < -0.3 is 13.7 Å². The number of nitrogens with zero attached hydrogens (tertiary/aromatic N) is 2. The maximum Gasteiger partial charge on any atom is 0.135 e. The molecule has 12 rings (SSSR count). The second-order valence-electron chi connectivity index (χ2n) is 13.9. The van der Waals surface area contributed by atoms with Gasteiger partial charge in [-0.05, 0) is 90.0 Å². The molecule has 12 aromatic rings. The average Bonchev–Trinajstić information content (AvgIpc) is 4.02. The summed E-state index contributed by atoms with van der Waals surface area (Å²) in [6.07, 6.45) is 0. The number of hydrogen-bond donors (Lipinski definition) is 0. The summed E-state index contributed by atoms with van der Waals surface area (Å²) in [5.41, 5.74) is 11.3. The first kappa shape index (κ1) is 30.7. The Kier molecular flexibility index (Phi) is 6.64. The summed E-state index contributed by atoms with van der Waals surface area (Å²) in [7, 11) is 0. The van der Waals surface area contributed by atoms with Crippen molar-refractivity contribution in [2.24, 2.45) is 0 Å². The lowest BCUT2D eigenvalue weighted by molar-refractivity contribution is 0.668. The lowest BCUT2D eigenvalue weighted by Gasteiger charge is -2.26. The maximum absolute atomic E-state index is 6.22. The minimum absolute atomic E-state index is 0.875. The molecule has 0 unspecified atom stereocenters. The van der Waals surface area contributed by atoms with Crippen LogP contribution in [0.2, 0.25) is 0 Å². The van der Waals surface area contributed by atoms with Crippen molar-refractivity contribution in [3.63, 3.8) is 0 Å². The Balaban J connectivity index is 0.966. The van der Waals surface area contributed by atoms with Crippen molar-refractivity contribution in [1.29, 1.82) is 0 Å². The van der Waals surface area contributed by atoms with E-state index in [4.69, 9.17) is 13.8 Å². The molecular weight excluding hydrogens is 713 g/mol. The zero-order valence-corrected chi connectivity index (χ0v) is 30.8. The average molecular weight is 741 g/mol. The van der Waals surface area contributed by atoms with E-state index in [9.17, 15) is 0 Å². The van der Waals surface area contributed by atoms with Crippen LogP contribution in [0.3, 0.4) is 0 Å². The number of para-hydroxylation sites is 2. The SMILES string of the molecule is c1ccc(-c2nc3c(ccc4sc5cc(-c6ccc(N(c7ccc8oc9ccccc9c8c7)c7ccc8oc9ccccc9c8c7)cc6)ccc5c43)s2)cc1. The van der Waals surface area contributed by atoms with Crippen LogP contribution in [0.15, 0.2) is 179 Å². The summed E-state index contributed by atoms with van der Waals surface area (Å²) in [6, 6.07) is 60.2. The predicted molar refractivity (Wildman–Crippen MR) is 233 cm³/mol. The monoisotopic (exact) mass is 740 g/mol. The smallest absolute Gasteiger partial charge is 0.135 e. The first-order valence-corrected chi connectivity index (χ1v) is 19.9. The topological polar surface area (TPSA) is 42.4 Å². The molecule has 0 bridgehead atoms. The van der Waals surface area contributed by atoms with E-state index in [2.05, 4.69) is 150 Å². The minimum Gasteiger partial charge on any atom is -0.456 e. The molecule has 4 heterocycles. The molecule has 4 aromatic heterocycles. The molecule has 0 saturated carbocycles. The molecule has 0 aliphatic rings. The van der Waals surface area contributed by atoms with Crippen molar-refractivity contribution in [1.82, 2.24) is 4.98 Å². The van der Waals surface area contributed by atoms with Gasteiger partial charge in [0.1, 0.15) is 27.3 Å². The van der Waals surface area contributed by atoms with Crippen LogP contribution in [0.25, 0.3) is 96.0 Å². The molecular formula is C49H28N2O2S2. The summed E-state index contributed by atoms with van der Waals surface area (Å²) in [6.45, 7) is 0. The van der Waals surface area contributed by atoms with Crippen molar-refractivity contribution in [3.05, 3.63) is 170 Å². The number of thiazole rings is 1. The highest BCUT2D eigenvalue weighted by atomic mass is 32.1. The standard InChI is InChI=1S/C49H28N2O2S2/c1-2-8-30(9-3-1)49-50-48-45(55-49)25-24-44-47(48)37-21-16-31(26-46(37)54-44)29-14-17-32(18-15-29)51(33-19-22-42-38(27-33)35-10-4-6-12-40(35)52-42)34-20-23-43-39(28-34)36-11-5-7-13-41(36)53-43/h1-28H. The van der Waals surface area contributed by atoms with E-state index in [-0.39, 0.29) is 0 Å². The zero-order valence-electron chi connectivity index (χ0n) is 29.2. The number of anilines is 3. The first-order valence-electron chi connectivity index (χ1n) is 18.3. The Bertz CT molecular complexity index is 3330. The van der Waals surface area contributed by atoms with Crippen LogP contribution in [0, 0.1) is 0 Å². The molecule has 0 saturated heterocycles. The molecule has 0 aliphatic carbocycles. The lowest BCUT2D eigenvalue weighted by Crippen LogP contribution is -2.09. The van der Waals surface area contributed by atoms with E-state index in [1.165, 1.54) is 36.0 Å². The number of hydrogen-bond acceptors (Lipinski definition) is 6. The van der Waals surface area contributed by atoms with Gasteiger partial charge in [0.2, 0.25) is 0 Å². The van der Waals surface area contributed by atoms with E-state index in [0.717, 1.165) is 77.0 Å². The molecule has 6 heteroatoms. The molecule has 8 aromatic carbocycles. The summed E-state index contributed by atoms with van der Waals surface area (Å²) in [4.78, 5) is 7.48. The fourth-order valence-corrected chi connectivity index (χ4v) is 10.2. The van der Waals surface area contributed by atoms with E-state index < -0.39 is 0 Å². The fraction of sp³-hybridized carbons (Fsp3) is 0. The molecule has 0 fully saturated rings. The van der Waals surface area contributed by atoms with Gasteiger partial charge in [0.25, 0.3) is 0 Å². The van der Waals surface area contributed by atoms with Gasteiger partial charge in [-0.1, -0.05) is 91.0 Å². The Labute approximate surface area is 322 Å². The van der Waals surface area contributed by atoms with Gasteiger partial charge in [-0.2, -0.15) is 0 Å². The van der Waals surface area contributed by atoms with Gasteiger partial charge in [-0.25, -0.2) is 4.98 Å². The first-order chi connectivity index (χ1) is 27.2. The van der Waals surface area contributed by atoms with Crippen LogP contribution < -0.4 is 4.90 Å². The predicted octanol–water partition coefficient (Wildman–Crippen LogP) is 15.3. The molecule has 0 amide bonds. The number of benzene rings is 8. The summed E-state index contributed by atoms with van der Waals surface area (Å²) < 4.78 is 16.2. The van der Waals surface area contributed by atoms with Crippen molar-refractivity contribution >= 4 is 114 Å². The number of thiophene rings is 1. The third kappa shape index (κ3) is 4.85. The third-order valence-corrected chi connectivity index (χ3v) is 12.9. The molecule has 0 N–H and O–H groups in total. The van der Waals surface area contributed by atoms with Crippen molar-refractivity contribution in [3.8, 4) is 21.7 Å². The second-order valence-corrected chi connectivity index (χ2v) is 16.0. The normalized spacial score (nSPS) is 12.0. The molecule has 0 atom stereocenters. The van der Waals surface area contributed by atoms with E-state index >= 15 is 0 Å². The highest BCUT2D eigenvalue weighted by molar-refractivity contribution is 7.26. The largest absolute Gasteiger partial charge is 0.456 e. The Morgan fingerprint density at radius 2 is 0.964 bits per heavy atom. The van der Waals surface area contributed by atoms with Gasteiger partial charge in [0.05, 0.1) is 10.2 Å². The maximum atomic E-state index is 6.22. The van der Waals surface area contributed by atoms with E-state index in [1.54, 1.807) is 11.3 Å². The summed E-state index contributed by atoms with van der Waals surface area (Å²) in [5.74, 6) is 0. The van der Waals surface area contributed by atoms with Gasteiger partial charge in [-0.15, -0.1) is 22.7 Å². The number of aromatic nitrogens is 1. The van der Waals surface area contributed by atoms with Crippen LogP contribution in [-0.2, 0) is 0 Å². The minimum atomic E-state index is 0.875. The number of furan rings is 2. The van der Waals surface area contributed by atoms with E-state index in [1.807, 2.05) is 35.6 Å². The molecule has 0 aliphatic heterocycles. The zero-order chi connectivity index (χ0) is 36.0. The van der Waals surface area contributed by atoms with Crippen LogP contribution in [0.4, 0.5) is 17.1 Å². The van der Waals surface area contributed by atoms with E-state index in [0.29, 0.717) is 0 Å². The molecule has 0 radical (unpaired) electrons. The molecule has 55 heavy (non-hydrogen) atoms. The van der Waals surface area contributed by atoms with Gasteiger partial charge in [0, 0.05) is 64.3 Å². The fourth-order valence-electron chi connectivity index (χ4n) is 8.09. The summed E-state index contributed by atoms with van der Waals surface area (Å²) >= 11 is 3.60. The highest BCUT2D eigenvalue weighted by Gasteiger charge is 2.19. The van der Waals surface area contributed by atoms with Crippen molar-refractivity contribution in [2.75, 3.05) is 4.90 Å². The lowest BCUT2D eigenvalue weighted by atomic mass is 10.0. The molecule has 4 nitrogen and oxygen atoms in total. The van der Waals surface area contributed by atoms with Gasteiger partial charge in [-0.3, -0.25) is 0 Å².